The van der Waals surface area contributed by atoms with Gasteiger partial charge >= 0.3 is 0 Å². The van der Waals surface area contributed by atoms with Crippen LogP contribution in [0, 0.1) is 5.92 Å². The van der Waals surface area contributed by atoms with Crippen LogP contribution in [0.1, 0.15) is 17.7 Å². The average molecular weight is 293 g/mol. The van der Waals surface area contributed by atoms with E-state index in [1.165, 1.54) is 4.88 Å². The van der Waals surface area contributed by atoms with E-state index in [0.29, 0.717) is 5.91 Å². The van der Waals surface area contributed by atoms with E-state index in [0.717, 1.165) is 58.7 Å². The van der Waals surface area contributed by atoms with E-state index in [4.69, 9.17) is 0 Å². The molecule has 0 aromatic carbocycles. The summed E-state index contributed by atoms with van der Waals surface area (Å²) in [6, 6.07) is 4.30. The first-order valence-electron chi connectivity index (χ1n) is 7.57. The molecule has 2 saturated heterocycles. The van der Waals surface area contributed by atoms with Crippen molar-refractivity contribution in [1.29, 1.82) is 0 Å². The molecule has 4 nitrogen and oxygen atoms in total. The zero-order valence-corrected chi connectivity index (χ0v) is 12.7. The van der Waals surface area contributed by atoms with Crippen molar-refractivity contribution in [1.82, 2.24) is 15.1 Å². The summed E-state index contributed by atoms with van der Waals surface area (Å²) in [6.07, 6.45) is 2.19. The highest BCUT2D eigenvalue weighted by Crippen LogP contribution is 2.17. The number of thiophene rings is 1. The third kappa shape index (κ3) is 3.40. The zero-order chi connectivity index (χ0) is 13.8. The van der Waals surface area contributed by atoms with Crippen LogP contribution in [0.4, 0.5) is 0 Å². The summed E-state index contributed by atoms with van der Waals surface area (Å²) in [4.78, 5) is 18.4. The third-order valence-electron chi connectivity index (χ3n) is 4.29. The van der Waals surface area contributed by atoms with Gasteiger partial charge in [-0.15, -0.1) is 11.3 Å². The molecular weight excluding hydrogens is 270 g/mol. The van der Waals surface area contributed by atoms with Crippen molar-refractivity contribution in [2.24, 2.45) is 5.92 Å². The monoisotopic (exact) mass is 293 g/mol. The first kappa shape index (κ1) is 14.0. The van der Waals surface area contributed by atoms with Gasteiger partial charge in [-0.3, -0.25) is 9.69 Å². The molecule has 1 aromatic rings. The van der Waals surface area contributed by atoms with E-state index in [1.54, 1.807) is 0 Å². The molecule has 1 aromatic heterocycles. The number of hydrogen-bond acceptors (Lipinski definition) is 4. The molecule has 0 bridgehead atoms. The van der Waals surface area contributed by atoms with Crippen molar-refractivity contribution in [3.05, 3.63) is 22.4 Å². The van der Waals surface area contributed by atoms with E-state index < -0.39 is 0 Å². The number of nitrogens with zero attached hydrogens (tertiary/aromatic N) is 2. The number of rotatable bonds is 3. The van der Waals surface area contributed by atoms with E-state index in [9.17, 15) is 4.79 Å². The summed E-state index contributed by atoms with van der Waals surface area (Å²) in [5, 5.41) is 5.47. The number of carbonyl (C=O) groups is 1. The molecule has 0 radical (unpaired) electrons. The van der Waals surface area contributed by atoms with E-state index >= 15 is 0 Å². The molecule has 2 aliphatic rings. The standard InChI is InChI=1S/C15H23N3OS/c19-15(13-3-1-5-16-11-13)18-8-6-17(7-9-18)12-14-4-2-10-20-14/h2,4,10,13,16H,1,3,5-9,11-12H2. The molecule has 3 heterocycles. The van der Waals surface area contributed by atoms with Crippen molar-refractivity contribution in [3.8, 4) is 0 Å². The Morgan fingerprint density at radius 2 is 2.20 bits per heavy atom. The maximum Gasteiger partial charge on any atom is 0.227 e. The fourth-order valence-corrected chi connectivity index (χ4v) is 3.82. The normalized spacial score (nSPS) is 24.8. The van der Waals surface area contributed by atoms with Crippen LogP contribution in [-0.4, -0.2) is 55.0 Å². The predicted molar refractivity (Wildman–Crippen MR) is 81.8 cm³/mol. The molecule has 110 valence electrons. The topological polar surface area (TPSA) is 35.6 Å². The lowest BCUT2D eigenvalue weighted by molar-refractivity contribution is -0.137. The van der Waals surface area contributed by atoms with Crippen LogP contribution in [0.25, 0.3) is 0 Å². The highest BCUT2D eigenvalue weighted by Gasteiger charge is 2.28. The molecule has 1 unspecified atom stereocenters. The summed E-state index contributed by atoms with van der Waals surface area (Å²) >= 11 is 1.82. The molecule has 5 heteroatoms. The molecule has 1 amide bonds. The minimum absolute atomic E-state index is 0.215. The van der Waals surface area contributed by atoms with Gasteiger partial charge in [0.05, 0.1) is 5.92 Å². The van der Waals surface area contributed by atoms with Gasteiger partial charge in [0.25, 0.3) is 0 Å². The molecule has 0 saturated carbocycles. The number of hydrogen-bond donors (Lipinski definition) is 1. The van der Waals surface area contributed by atoms with Gasteiger partial charge in [-0.2, -0.15) is 0 Å². The number of nitrogens with one attached hydrogen (secondary N) is 1. The van der Waals surface area contributed by atoms with Crippen molar-refractivity contribution < 1.29 is 4.79 Å². The van der Waals surface area contributed by atoms with Gasteiger partial charge in [0.1, 0.15) is 0 Å². The van der Waals surface area contributed by atoms with Crippen LogP contribution in [-0.2, 0) is 11.3 Å². The Bertz CT molecular complexity index is 420. The fourth-order valence-electron chi connectivity index (χ4n) is 3.07. The molecule has 2 aliphatic heterocycles. The Balaban J connectivity index is 1.46. The molecular formula is C15H23N3OS. The van der Waals surface area contributed by atoms with Gasteiger partial charge in [0.15, 0.2) is 0 Å². The Morgan fingerprint density at radius 3 is 2.85 bits per heavy atom. The van der Waals surface area contributed by atoms with Gasteiger partial charge < -0.3 is 10.2 Å². The molecule has 1 N–H and O–H groups in total. The lowest BCUT2D eigenvalue weighted by Gasteiger charge is -2.37. The highest BCUT2D eigenvalue weighted by atomic mass is 32.1. The minimum atomic E-state index is 0.215. The van der Waals surface area contributed by atoms with Crippen LogP contribution >= 0.6 is 11.3 Å². The maximum absolute atomic E-state index is 12.4. The van der Waals surface area contributed by atoms with Gasteiger partial charge in [-0.1, -0.05) is 6.07 Å². The SMILES string of the molecule is O=C(C1CCCNC1)N1CCN(Cc2cccs2)CC1. The van der Waals surface area contributed by atoms with Crippen molar-refractivity contribution >= 4 is 17.2 Å². The smallest absolute Gasteiger partial charge is 0.227 e. The molecule has 1 atom stereocenters. The van der Waals surface area contributed by atoms with Crippen LogP contribution in [0.2, 0.25) is 0 Å². The lowest BCUT2D eigenvalue weighted by Crippen LogP contribution is -2.51. The van der Waals surface area contributed by atoms with E-state index in [2.05, 4.69) is 32.6 Å². The van der Waals surface area contributed by atoms with E-state index in [-0.39, 0.29) is 5.92 Å². The Hall–Kier alpha value is -0.910. The van der Waals surface area contributed by atoms with Gasteiger partial charge in [-0.25, -0.2) is 0 Å². The average Bonchev–Trinajstić information content (AvgIpc) is 3.01. The van der Waals surface area contributed by atoms with Crippen LogP contribution in [0.3, 0.4) is 0 Å². The van der Waals surface area contributed by atoms with Crippen molar-refractivity contribution in [3.63, 3.8) is 0 Å². The quantitative estimate of drug-likeness (QED) is 0.915. The van der Waals surface area contributed by atoms with Gasteiger partial charge in [0.2, 0.25) is 5.91 Å². The summed E-state index contributed by atoms with van der Waals surface area (Å²) < 4.78 is 0. The molecule has 3 rings (SSSR count). The number of carbonyl (C=O) groups excluding carboxylic acids is 1. The van der Waals surface area contributed by atoms with Crippen LogP contribution < -0.4 is 5.32 Å². The second-order valence-electron chi connectivity index (χ2n) is 5.72. The lowest BCUT2D eigenvalue weighted by atomic mass is 9.98. The highest BCUT2D eigenvalue weighted by molar-refractivity contribution is 7.09. The van der Waals surface area contributed by atoms with Crippen LogP contribution in [0.15, 0.2) is 17.5 Å². The second kappa shape index (κ2) is 6.70. The first-order chi connectivity index (χ1) is 9.83. The minimum Gasteiger partial charge on any atom is -0.340 e. The van der Waals surface area contributed by atoms with Crippen molar-refractivity contribution in [2.45, 2.75) is 19.4 Å². The summed E-state index contributed by atoms with van der Waals surface area (Å²) in [6.45, 7) is 6.76. The van der Waals surface area contributed by atoms with E-state index in [1.807, 2.05) is 11.3 Å². The fraction of sp³-hybridized carbons (Fsp3) is 0.667. The second-order valence-corrected chi connectivity index (χ2v) is 6.76. The predicted octanol–water partition coefficient (Wildman–Crippen LogP) is 1.39. The summed E-state index contributed by atoms with van der Waals surface area (Å²) in [5.41, 5.74) is 0. The number of amides is 1. The largest absolute Gasteiger partial charge is 0.340 e. The molecule has 0 aliphatic carbocycles. The summed E-state index contributed by atoms with van der Waals surface area (Å²) in [7, 11) is 0. The first-order valence-corrected chi connectivity index (χ1v) is 8.45. The zero-order valence-electron chi connectivity index (χ0n) is 11.9. The molecule has 20 heavy (non-hydrogen) atoms. The number of piperazine rings is 1. The van der Waals surface area contributed by atoms with Gasteiger partial charge in [-0.05, 0) is 30.8 Å². The molecule has 0 spiro atoms. The Labute approximate surface area is 124 Å². The maximum atomic E-state index is 12.4. The van der Waals surface area contributed by atoms with Gasteiger partial charge in [0, 0.05) is 44.1 Å². The Morgan fingerprint density at radius 1 is 1.35 bits per heavy atom. The third-order valence-corrected chi connectivity index (χ3v) is 5.15. The number of piperidine rings is 1. The van der Waals surface area contributed by atoms with Crippen molar-refractivity contribution in [2.75, 3.05) is 39.3 Å². The molecule has 2 fully saturated rings. The Kier molecular flexibility index (Phi) is 4.70. The van der Waals surface area contributed by atoms with Crippen LogP contribution in [0.5, 0.6) is 0 Å². The summed E-state index contributed by atoms with van der Waals surface area (Å²) in [5.74, 6) is 0.584.